The highest BCUT2D eigenvalue weighted by Gasteiger charge is 2.35. The number of aromatic nitrogens is 2. The number of carbonyl (C=O) groups excluding carboxylic acids is 1. The van der Waals surface area contributed by atoms with Crippen molar-refractivity contribution >= 4 is 62.0 Å². The van der Waals surface area contributed by atoms with Gasteiger partial charge < -0.3 is 18.9 Å². The van der Waals surface area contributed by atoms with Crippen molar-refractivity contribution in [3.05, 3.63) is 129 Å². The molecule has 0 spiro atoms. The average molecular weight is 730 g/mol. The molecule has 2 aliphatic heterocycles. The van der Waals surface area contributed by atoms with Gasteiger partial charge in [0.2, 0.25) is 0 Å². The number of thiophene rings is 1. The summed E-state index contributed by atoms with van der Waals surface area (Å²) in [6, 6.07) is 21.4. The van der Waals surface area contributed by atoms with Crippen molar-refractivity contribution in [3.8, 4) is 5.69 Å². The number of aryl methyl sites for hydroxylation is 1. The minimum atomic E-state index is -0.655. The first-order chi connectivity index (χ1) is 22.9. The smallest absolute Gasteiger partial charge is 0.338 e. The quantitative estimate of drug-likeness (QED) is 0.192. The van der Waals surface area contributed by atoms with E-state index in [4.69, 9.17) is 14.5 Å². The summed E-state index contributed by atoms with van der Waals surface area (Å²) in [5.74, 6) is -0.475. The lowest BCUT2D eigenvalue weighted by Crippen LogP contribution is -2.39. The van der Waals surface area contributed by atoms with Crippen molar-refractivity contribution in [2.75, 3.05) is 37.8 Å². The number of fused-ring (bicyclic) bond motifs is 1. The molecule has 47 heavy (non-hydrogen) atoms. The third-order valence-corrected chi connectivity index (χ3v) is 11.0. The Morgan fingerprint density at radius 2 is 1.87 bits per heavy atom. The summed E-state index contributed by atoms with van der Waals surface area (Å²) in [6.07, 6.45) is 1.95. The van der Waals surface area contributed by atoms with E-state index in [1.54, 1.807) is 11.5 Å². The number of thiazole rings is 1. The predicted molar refractivity (Wildman–Crippen MR) is 191 cm³/mol. The van der Waals surface area contributed by atoms with E-state index in [2.05, 4.69) is 63.5 Å². The van der Waals surface area contributed by atoms with Crippen LogP contribution in [0.1, 0.15) is 40.4 Å². The van der Waals surface area contributed by atoms with Crippen molar-refractivity contribution in [3.63, 3.8) is 0 Å². The van der Waals surface area contributed by atoms with Crippen molar-refractivity contribution in [2.24, 2.45) is 4.99 Å². The second-order valence-corrected chi connectivity index (χ2v) is 14.2. The Bertz CT molecular complexity index is 2180. The second kappa shape index (κ2) is 13.2. The molecule has 1 fully saturated rings. The van der Waals surface area contributed by atoms with E-state index in [9.17, 15) is 9.59 Å². The van der Waals surface area contributed by atoms with Crippen molar-refractivity contribution < 1.29 is 14.3 Å². The van der Waals surface area contributed by atoms with Crippen molar-refractivity contribution in [2.45, 2.75) is 26.8 Å². The first-order valence-electron chi connectivity index (χ1n) is 15.5. The standard InChI is InChI=1S/C36H33BrN4O4S2/c1-4-45-35(43)31-32(24-9-6-5-7-10-24)38-36-41(33(31)29-11-8-18-46-29)34(42)30(47-36)20-25-19-22(2)40(23(25)3)26-12-13-28(27(37)21-26)39-14-16-44-17-15-39/h5-13,18-21,33H,4,14-17H2,1-3H3/b30-20+/t33-/m0/s1. The van der Waals surface area contributed by atoms with Gasteiger partial charge in [0.25, 0.3) is 5.56 Å². The maximum absolute atomic E-state index is 14.3. The number of esters is 1. The lowest BCUT2D eigenvalue weighted by molar-refractivity contribution is -0.138. The maximum Gasteiger partial charge on any atom is 0.338 e. The summed E-state index contributed by atoms with van der Waals surface area (Å²) in [7, 11) is 0. The van der Waals surface area contributed by atoms with Crippen molar-refractivity contribution in [1.82, 2.24) is 9.13 Å². The molecule has 7 rings (SSSR count). The summed E-state index contributed by atoms with van der Waals surface area (Å²) in [4.78, 5) is 36.6. The van der Waals surface area contributed by atoms with Crippen LogP contribution in [0.4, 0.5) is 5.69 Å². The normalized spacial score (nSPS) is 16.7. The van der Waals surface area contributed by atoms with Gasteiger partial charge in [-0.15, -0.1) is 11.3 Å². The number of hydrogen-bond donors (Lipinski definition) is 0. The number of nitrogens with zero attached hydrogens (tertiary/aromatic N) is 4. The number of ether oxygens (including phenoxy) is 2. The molecule has 1 saturated heterocycles. The molecule has 0 bridgehead atoms. The van der Waals surface area contributed by atoms with Crippen LogP contribution in [0.3, 0.4) is 0 Å². The van der Waals surface area contributed by atoms with E-state index in [1.165, 1.54) is 22.7 Å². The van der Waals surface area contributed by atoms with E-state index >= 15 is 0 Å². The van der Waals surface area contributed by atoms with Gasteiger partial charge in [-0.1, -0.05) is 47.7 Å². The van der Waals surface area contributed by atoms with E-state index in [1.807, 2.05) is 53.9 Å². The molecular formula is C36H33BrN4O4S2. The van der Waals surface area contributed by atoms with E-state index in [-0.39, 0.29) is 12.2 Å². The summed E-state index contributed by atoms with van der Waals surface area (Å²) in [5, 5.41) is 1.96. The van der Waals surface area contributed by atoms with Crippen LogP contribution in [0.5, 0.6) is 0 Å². The molecule has 11 heteroatoms. The fraction of sp³-hybridized carbons (Fsp3) is 0.250. The predicted octanol–water partition coefficient (Wildman–Crippen LogP) is 6.00. The van der Waals surface area contributed by atoms with Crippen LogP contribution in [0.25, 0.3) is 17.5 Å². The van der Waals surface area contributed by atoms with Gasteiger partial charge in [0.1, 0.15) is 6.04 Å². The van der Waals surface area contributed by atoms with Gasteiger partial charge >= 0.3 is 5.97 Å². The minimum Gasteiger partial charge on any atom is -0.463 e. The van der Waals surface area contributed by atoms with Crippen molar-refractivity contribution in [1.29, 1.82) is 0 Å². The molecule has 0 unspecified atom stereocenters. The zero-order valence-corrected chi connectivity index (χ0v) is 29.5. The molecule has 0 amide bonds. The lowest BCUT2D eigenvalue weighted by Gasteiger charge is -2.30. The lowest BCUT2D eigenvalue weighted by atomic mass is 9.97. The van der Waals surface area contributed by atoms with Crippen LogP contribution in [0.15, 0.2) is 91.9 Å². The zero-order valence-electron chi connectivity index (χ0n) is 26.2. The monoisotopic (exact) mass is 728 g/mol. The molecule has 0 radical (unpaired) electrons. The van der Waals surface area contributed by atoms with Crippen LogP contribution in [0, 0.1) is 13.8 Å². The third-order valence-electron chi connectivity index (χ3n) is 8.48. The van der Waals surface area contributed by atoms with Gasteiger partial charge in [-0.05, 0) is 84.1 Å². The van der Waals surface area contributed by atoms with E-state index in [0.29, 0.717) is 20.6 Å². The summed E-state index contributed by atoms with van der Waals surface area (Å²) >= 11 is 6.65. The molecule has 0 saturated carbocycles. The Morgan fingerprint density at radius 3 is 2.57 bits per heavy atom. The van der Waals surface area contributed by atoms with E-state index < -0.39 is 12.0 Å². The average Bonchev–Trinajstić information content (AvgIpc) is 3.79. The fourth-order valence-electron chi connectivity index (χ4n) is 6.32. The first-order valence-corrected chi connectivity index (χ1v) is 18.0. The summed E-state index contributed by atoms with van der Waals surface area (Å²) < 4.78 is 16.5. The highest BCUT2D eigenvalue weighted by atomic mass is 79.9. The third kappa shape index (κ3) is 5.86. The fourth-order valence-corrected chi connectivity index (χ4v) is 8.76. The summed E-state index contributed by atoms with van der Waals surface area (Å²) in [5.41, 5.74) is 6.70. The second-order valence-electron chi connectivity index (χ2n) is 11.3. The maximum atomic E-state index is 14.3. The number of morpholine rings is 1. The Morgan fingerprint density at radius 1 is 1.09 bits per heavy atom. The molecule has 240 valence electrons. The number of benzene rings is 2. The van der Waals surface area contributed by atoms with Crippen LogP contribution in [-0.2, 0) is 14.3 Å². The highest BCUT2D eigenvalue weighted by molar-refractivity contribution is 9.10. The molecule has 0 N–H and O–H groups in total. The van der Waals surface area contributed by atoms with Crippen LogP contribution in [0.2, 0.25) is 0 Å². The van der Waals surface area contributed by atoms with Crippen LogP contribution in [-0.4, -0.2) is 48.0 Å². The number of hydrogen-bond acceptors (Lipinski definition) is 8. The van der Waals surface area contributed by atoms with Gasteiger partial charge in [0.15, 0.2) is 4.80 Å². The molecule has 2 aromatic carbocycles. The Balaban J connectivity index is 1.35. The highest BCUT2D eigenvalue weighted by Crippen LogP contribution is 2.37. The molecule has 1 atom stereocenters. The largest absolute Gasteiger partial charge is 0.463 e. The Kier molecular flexibility index (Phi) is 8.89. The van der Waals surface area contributed by atoms with Crippen LogP contribution < -0.4 is 19.8 Å². The minimum absolute atomic E-state index is 0.191. The van der Waals surface area contributed by atoms with Gasteiger partial charge in [0.05, 0.1) is 41.3 Å². The SMILES string of the molecule is CCOC(=O)C1=C(c2ccccc2)N=c2s/c(=C/c3cc(C)n(-c4ccc(N5CCOCC5)c(Br)c4)c3C)c(=O)n2[C@H]1c1cccs1. The van der Waals surface area contributed by atoms with Gasteiger partial charge in [0, 0.05) is 45.1 Å². The topological polar surface area (TPSA) is 78.1 Å². The number of rotatable bonds is 7. The van der Waals surface area contributed by atoms with Gasteiger partial charge in [-0.3, -0.25) is 9.36 Å². The van der Waals surface area contributed by atoms with E-state index in [0.717, 1.165) is 69.5 Å². The molecule has 0 aliphatic carbocycles. The Labute approximate surface area is 288 Å². The molecule has 3 aromatic heterocycles. The number of anilines is 1. The first kappa shape index (κ1) is 31.6. The van der Waals surface area contributed by atoms with Gasteiger partial charge in [-0.25, -0.2) is 9.79 Å². The molecular weight excluding hydrogens is 696 g/mol. The zero-order chi connectivity index (χ0) is 32.7. The van der Waals surface area contributed by atoms with Gasteiger partial charge in [-0.2, -0.15) is 0 Å². The molecule has 2 aliphatic rings. The summed E-state index contributed by atoms with van der Waals surface area (Å²) in [6.45, 7) is 9.32. The molecule has 5 heterocycles. The molecule has 5 aromatic rings. The Hall–Kier alpha value is -4.03. The number of carbonyl (C=O) groups is 1. The molecule has 8 nitrogen and oxygen atoms in total. The van der Waals surface area contributed by atoms with Crippen LogP contribution >= 0.6 is 38.6 Å². The number of halogens is 1.